The van der Waals surface area contributed by atoms with E-state index in [1.165, 1.54) is 19.4 Å². The minimum Gasteiger partial charge on any atom is -0.507 e. The highest BCUT2D eigenvalue weighted by Crippen LogP contribution is 2.40. The molecule has 3 N–H and O–H groups in total. The number of anilines is 3. The molecular weight excluding hydrogens is 464 g/mol. The fourth-order valence-electron chi connectivity index (χ4n) is 5.72. The topological polar surface area (TPSA) is 108 Å². The van der Waals surface area contributed by atoms with Crippen LogP contribution in [0.3, 0.4) is 0 Å². The first-order valence-corrected chi connectivity index (χ1v) is 13.0. The number of phenols is 1. The monoisotopic (exact) mass is 496 g/mol. The molecule has 190 valence electrons. The first kappa shape index (κ1) is 23.5. The Kier molecular flexibility index (Phi) is 6.26. The first-order valence-electron chi connectivity index (χ1n) is 13.0. The molecule has 1 saturated carbocycles. The smallest absolute Gasteiger partial charge is 0.206 e. The number of hydrogen-bond acceptors (Lipinski definition) is 9. The van der Waals surface area contributed by atoms with Crippen LogP contribution in [0.15, 0.2) is 42.6 Å². The second-order valence-corrected chi connectivity index (χ2v) is 10.3. The molecule has 2 aromatic heterocycles. The summed E-state index contributed by atoms with van der Waals surface area (Å²) in [4.78, 5) is 16.2. The van der Waals surface area contributed by atoms with Crippen molar-refractivity contribution in [3.05, 3.63) is 48.4 Å². The van der Waals surface area contributed by atoms with Gasteiger partial charge in [-0.15, -0.1) is 10.2 Å². The second-order valence-electron chi connectivity index (χ2n) is 10.3. The van der Waals surface area contributed by atoms with Crippen LogP contribution in [0.2, 0.25) is 0 Å². The van der Waals surface area contributed by atoms with E-state index in [2.05, 4.69) is 48.6 Å². The van der Waals surface area contributed by atoms with E-state index in [1.54, 1.807) is 18.3 Å². The van der Waals surface area contributed by atoms with Gasteiger partial charge in [-0.05, 0) is 62.3 Å². The summed E-state index contributed by atoms with van der Waals surface area (Å²) in [6.07, 6.45) is 5.41. The van der Waals surface area contributed by atoms with E-state index >= 15 is 0 Å². The third-order valence-electron chi connectivity index (χ3n) is 7.92. The number of para-hydroxylation sites is 1. The number of fused-ring (bicyclic) bond motifs is 1. The number of nitrogens with two attached hydrogens (primary N) is 1. The van der Waals surface area contributed by atoms with Gasteiger partial charge in [-0.2, -0.15) is 0 Å². The summed E-state index contributed by atoms with van der Waals surface area (Å²) in [6.45, 7) is 6.56. The fourth-order valence-corrected chi connectivity index (χ4v) is 5.72. The molecule has 0 amide bonds. The van der Waals surface area contributed by atoms with Gasteiger partial charge in [0.15, 0.2) is 5.82 Å². The molecule has 1 aliphatic carbocycles. The lowest BCUT2D eigenvalue weighted by molar-refractivity contribution is 0.268. The molecule has 3 aromatic rings. The molecule has 1 aromatic carbocycles. The zero-order valence-electron chi connectivity index (χ0n) is 21.1. The fraction of sp³-hybridized carbons (Fsp3) is 0.429. The van der Waals surface area contributed by atoms with Gasteiger partial charge in [-0.25, -0.2) is 9.97 Å². The predicted octanol–water partition coefficient (Wildman–Crippen LogP) is 2.77. The van der Waals surface area contributed by atoms with Gasteiger partial charge in [0.2, 0.25) is 5.82 Å². The first-order chi connectivity index (χ1) is 18.0. The van der Waals surface area contributed by atoms with Crippen molar-refractivity contribution in [1.82, 2.24) is 25.1 Å². The van der Waals surface area contributed by atoms with Crippen LogP contribution >= 0.6 is 0 Å². The summed E-state index contributed by atoms with van der Waals surface area (Å²) >= 11 is 0. The van der Waals surface area contributed by atoms with Crippen molar-refractivity contribution in [2.24, 2.45) is 5.92 Å². The van der Waals surface area contributed by atoms with Gasteiger partial charge < -0.3 is 20.6 Å². The summed E-state index contributed by atoms with van der Waals surface area (Å²) in [5, 5.41) is 18.7. The van der Waals surface area contributed by atoms with Gasteiger partial charge in [0.05, 0.1) is 17.9 Å². The minimum atomic E-state index is 0.169. The molecule has 0 unspecified atom stereocenters. The van der Waals surface area contributed by atoms with Crippen LogP contribution in [-0.2, 0) is 0 Å². The molecule has 0 spiro atoms. The van der Waals surface area contributed by atoms with Crippen molar-refractivity contribution >= 4 is 17.3 Å². The zero-order chi connectivity index (χ0) is 25.4. The predicted molar refractivity (Wildman–Crippen MR) is 144 cm³/mol. The Morgan fingerprint density at radius 2 is 1.97 bits per heavy atom. The molecule has 3 saturated heterocycles. The maximum absolute atomic E-state index is 10.3. The second kappa shape index (κ2) is 9.87. The number of aromatic nitrogens is 4. The Balaban J connectivity index is 1.17. The van der Waals surface area contributed by atoms with Crippen molar-refractivity contribution in [1.29, 1.82) is 0 Å². The van der Waals surface area contributed by atoms with Gasteiger partial charge >= 0.3 is 0 Å². The van der Waals surface area contributed by atoms with Crippen LogP contribution < -0.4 is 15.5 Å². The summed E-state index contributed by atoms with van der Waals surface area (Å²) < 4.78 is 0. The van der Waals surface area contributed by atoms with Crippen molar-refractivity contribution in [2.45, 2.75) is 38.3 Å². The summed E-state index contributed by atoms with van der Waals surface area (Å²) in [6, 6.07) is 12.0. The normalized spacial score (nSPS) is 23.2. The lowest BCUT2D eigenvalue weighted by Crippen LogP contribution is -2.35. The van der Waals surface area contributed by atoms with Crippen molar-refractivity contribution in [2.75, 3.05) is 48.3 Å². The SMILES string of the molecule is C[C@@H]1CCN(c2cc(-c3ccccc3O)nnc2N)CCN1c1ccnc(C#CCN2CC3CC2C3)n1. The van der Waals surface area contributed by atoms with Gasteiger partial charge in [0, 0.05) is 50.0 Å². The highest BCUT2D eigenvalue weighted by molar-refractivity contribution is 5.74. The average molecular weight is 497 g/mol. The maximum Gasteiger partial charge on any atom is 0.206 e. The minimum absolute atomic E-state index is 0.169. The number of hydrogen-bond donors (Lipinski definition) is 2. The van der Waals surface area contributed by atoms with Crippen LogP contribution in [0.4, 0.5) is 17.3 Å². The molecule has 3 aliphatic heterocycles. The number of benzene rings is 1. The van der Waals surface area contributed by atoms with E-state index in [-0.39, 0.29) is 11.8 Å². The number of aromatic hydroxyl groups is 1. The molecule has 4 fully saturated rings. The number of rotatable bonds is 4. The van der Waals surface area contributed by atoms with Crippen molar-refractivity contribution in [3.63, 3.8) is 0 Å². The molecule has 7 rings (SSSR count). The summed E-state index contributed by atoms with van der Waals surface area (Å²) in [5.74, 6) is 9.40. The van der Waals surface area contributed by atoms with Crippen molar-refractivity contribution in [3.8, 4) is 28.8 Å². The molecule has 0 radical (unpaired) electrons. The lowest BCUT2D eigenvalue weighted by Gasteiger charge is -2.28. The Morgan fingerprint density at radius 3 is 2.78 bits per heavy atom. The van der Waals surface area contributed by atoms with Gasteiger partial charge in [-0.3, -0.25) is 4.90 Å². The van der Waals surface area contributed by atoms with E-state index in [0.717, 1.165) is 56.1 Å². The molecule has 5 heterocycles. The van der Waals surface area contributed by atoms with Gasteiger partial charge in [0.25, 0.3) is 0 Å². The molecule has 9 nitrogen and oxygen atoms in total. The summed E-state index contributed by atoms with van der Waals surface area (Å²) in [5.41, 5.74) is 8.33. The average Bonchev–Trinajstić information content (AvgIpc) is 3.41. The van der Waals surface area contributed by atoms with Gasteiger partial charge in [0.1, 0.15) is 11.6 Å². The molecule has 2 bridgehead atoms. The quantitative estimate of drug-likeness (QED) is 0.527. The zero-order valence-corrected chi connectivity index (χ0v) is 21.1. The van der Waals surface area contributed by atoms with Crippen LogP contribution in [0.5, 0.6) is 5.75 Å². The summed E-state index contributed by atoms with van der Waals surface area (Å²) in [7, 11) is 0. The third-order valence-corrected chi connectivity index (χ3v) is 7.92. The Morgan fingerprint density at radius 1 is 1.11 bits per heavy atom. The van der Waals surface area contributed by atoms with E-state index in [0.29, 0.717) is 22.9 Å². The van der Waals surface area contributed by atoms with Crippen molar-refractivity contribution < 1.29 is 5.11 Å². The number of nitrogen functional groups attached to an aromatic ring is 1. The van der Waals surface area contributed by atoms with E-state index in [9.17, 15) is 5.11 Å². The third kappa shape index (κ3) is 4.77. The molecule has 9 heteroatoms. The highest BCUT2D eigenvalue weighted by Gasteiger charge is 2.41. The Hall–Kier alpha value is -3.90. The van der Waals surface area contributed by atoms with Crippen LogP contribution in [0, 0.1) is 17.8 Å². The number of phenolic OH excluding ortho intramolecular Hbond substituents is 1. The van der Waals surface area contributed by atoms with E-state index in [4.69, 9.17) is 10.7 Å². The molecule has 37 heavy (non-hydrogen) atoms. The van der Waals surface area contributed by atoms with E-state index in [1.807, 2.05) is 24.3 Å². The van der Waals surface area contributed by atoms with Crippen LogP contribution in [0.1, 0.15) is 32.0 Å². The Bertz CT molecular complexity index is 1350. The maximum atomic E-state index is 10.3. The largest absolute Gasteiger partial charge is 0.507 e. The molecule has 4 aliphatic rings. The lowest BCUT2D eigenvalue weighted by atomic mass is 9.86. The van der Waals surface area contributed by atoms with Crippen LogP contribution in [-0.4, -0.2) is 75.0 Å². The van der Waals surface area contributed by atoms with Gasteiger partial charge in [-0.1, -0.05) is 18.1 Å². The van der Waals surface area contributed by atoms with Crippen LogP contribution in [0.25, 0.3) is 11.3 Å². The number of nitrogens with zero attached hydrogens (tertiary/aromatic N) is 7. The highest BCUT2D eigenvalue weighted by atomic mass is 16.3. The van der Waals surface area contributed by atoms with E-state index < -0.39 is 0 Å². The molecule has 1 atom stereocenters. The molecular formula is C28H32N8O. The Labute approximate surface area is 217 Å². The standard InChI is InChI=1S/C28H32N8O/c1-19-9-12-34(24-17-23(32-33-28(24)29)22-5-2-3-6-25(22)37)13-14-36(19)27-8-10-30-26(31-27)7-4-11-35-18-20-15-21(35)16-20/h2-3,5-6,8,10,17,19-21,37H,9,11-16,18H2,1H3,(H2,29,33)/t19-,20?,21?/m1/s1.